The highest BCUT2D eigenvalue weighted by Crippen LogP contribution is 2.34. The van der Waals surface area contributed by atoms with Crippen LogP contribution in [-0.4, -0.2) is 33.5 Å². The molecule has 2 aromatic carbocycles. The van der Waals surface area contributed by atoms with Crippen molar-refractivity contribution in [3.05, 3.63) is 54.3 Å². The van der Waals surface area contributed by atoms with Crippen LogP contribution in [0.3, 0.4) is 0 Å². The Kier molecular flexibility index (Phi) is 3.96. The third-order valence-electron chi connectivity index (χ3n) is 3.92. The first-order valence-electron chi connectivity index (χ1n) is 7.92. The molecule has 27 heavy (non-hydrogen) atoms. The third-order valence-corrected chi connectivity index (χ3v) is 3.92. The zero-order valence-electron chi connectivity index (χ0n) is 13.8. The molecular weight excluding hydrogens is 355 g/mol. The van der Waals surface area contributed by atoms with E-state index >= 15 is 0 Å². The number of carboxylic acid groups (broad SMARTS) is 1. The van der Waals surface area contributed by atoms with Gasteiger partial charge in [-0.05, 0) is 42.5 Å². The Morgan fingerprint density at radius 3 is 2.74 bits per heavy atom. The van der Waals surface area contributed by atoms with Crippen LogP contribution in [0.5, 0.6) is 5.75 Å². The van der Waals surface area contributed by atoms with Gasteiger partial charge in [0.25, 0.3) is 5.91 Å². The van der Waals surface area contributed by atoms with Gasteiger partial charge in [0.1, 0.15) is 11.6 Å². The van der Waals surface area contributed by atoms with E-state index in [0.29, 0.717) is 28.4 Å². The normalized spacial score (nSPS) is 12.7. The average Bonchev–Trinajstić information content (AvgIpc) is 3.04. The number of halogens is 1. The first kappa shape index (κ1) is 16.6. The number of amides is 2. The molecule has 0 saturated heterocycles. The summed E-state index contributed by atoms with van der Waals surface area (Å²) in [6.45, 7) is -0.0491. The van der Waals surface area contributed by atoms with E-state index in [1.165, 1.54) is 28.9 Å². The summed E-state index contributed by atoms with van der Waals surface area (Å²) >= 11 is 0. The van der Waals surface area contributed by atoms with E-state index in [0.717, 1.165) is 0 Å². The molecule has 0 radical (unpaired) electrons. The van der Waals surface area contributed by atoms with E-state index in [-0.39, 0.29) is 18.3 Å². The number of carbonyl (C=O) groups is 2. The predicted octanol–water partition coefficient (Wildman–Crippen LogP) is 3.10. The molecule has 2 heterocycles. The van der Waals surface area contributed by atoms with Gasteiger partial charge in [-0.25, -0.2) is 13.9 Å². The zero-order valence-corrected chi connectivity index (χ0v) is 13.8. The lowest BCUT2D eigenvalue weighted by Gasteiger charge is -2.18. The van der Waals surface area contributed by atoms with Gasteiger partial charge in [0.15, 0.2) is 12.4 Å². The lowest BCUT2D eigenvalue weighted by atomic mass is 10.1. The monoisotopic (exact) mass is 368 g/mol. The predicted molar refractivity (Wildman–Crippen MR) is 94.7 cm³/mol. The van der Waals surface area contributed by atoms with E-state index in [1.807, 2.05) is 0 Å². The largest absolute Gasteiger partial charge is 0.482 e. The van der Waals surface area contributed by atoms with E-state index in [2.05, 4.69) is 15.7 Å². The fourth-order valence-corrected chi connectivity index (χ4v) is 2.78. The maximum Gasteiger partial charge on any atom is 0.410 e. The van der Waals surface area contributed by atoms with Crippen molar-refractivity contribution in [2.24, 2.45) is 0 Å². The van der Waals surface area contributed by atoms with Crippen molar-refractivity contribution >= 4 is 23.5 Å². The molecule has 0 unspecified atom stereocenters. The van der Waals surface area contributed by atoms with Crippen LogP contribution in [0, 0.1) is 5.82 Å². The second-order valence-electron chi connectivity index (χ2n) is 5.78. The number of hydrogen-bond donors (Lipinski definition) is 3. The third kappa shape index (κ3) is 3.30. The molecule has 8 nitrogen and oxygen atoms in total. The molecule has 0 fully saturated rings. The van der Waals surface area contributed by atoms with Crippen molar-refractivity contribution in [1.29, 1.82) is 0 Å². The van der Waals surface area contributed by atoms with Gasteiger partial charge in [-0.3, -0.25) is 10.1 Å². The van der Waals surface area contributed by atoms with Gasteiger partial charge in [0.05, 0.1) is 17.1 Å². The van der Waals surface area contributed by atoms with Crippen LogP contribution < -0.4 is 15.4 Å². The molecule has 0 bridgehead atoms. The van der Waals surface area contributed by atoms with Crippen molar-refractivity contribution in [3.63, 3.8) is 0 Å². The lowest BCUT2D eigenvalue weighted by molar-refractivity contribution is -0.118. The van der Waals surface area contributed by atoms with Crippen molar-refractivity contribution in [2.45, 2.75) is 0 Å². The Bertz CT molecular complexity index is 1050. The first-order valence-corrected chi connectivity index (χ1v) is 7.92. The smallest absolute Gasteiger partial charge is 0.410 e. The molecule has 0 saturated carbocycles. The summed E-state index contributed by atoms with van der Waals surface area (Å²) < 4.78 is 20.1. The van der Waals surface area contributed by atoms with Crippen molar-refractivity contribution in [1.82, 2.24) is 9.78 Å². The minimum atomic E-state index is -1.25. The highest BCUT2D eigenvalue weighted by atomic mass is 19.1. The van der Waals surface area contributed by atoms with Gasteiger partial charge in [-0.1, -0.05) is 0 Å². The van der Waals surface area contributed by atoms with Gasteiger partial charge >= 0.3 is 6.09 Å². The maximum absolute atomic E-state index is 13.3. The Balaban J connectivity index is 1.82. The van der Waals surface area contributed by atoms with Gasteiger partial charge in [0.2, 0.25) is 0 Å². The van der Waals surface area contributed by atoms with Gasteiger partial charge in [-0.15, -0.1) is 5.10 Å². The maximum atomic E-state index is 13.3. The number of nitrogens with zero attached hydrogens (tertiary/aromatic N) is 2. The van der Waals surface area contributed by atoms with Gasteiger partial charge < -0.3 is 15.2 Å². The number of aromatic nitrogens is 2. The molecule has 9 heteroatoms. The van der Waals surface area contributed by atoms with Crippen LogP contribution in [0.4, 0.5) is 20.7 Å². The van der Waals surface area contributed by atoms with Crippen molar-refractivity contribution in [2.75, 3.05) is 17.2 Å². The molecule has 4 rings (SSSR count). The first-order chi connectivity index (χ1) is 13.0. The van der Waals surface area contributed by atoms with Crippen LogP contribution in [0.25, 0.3) is 16.9 Å². The molecule has 2 amide bonds. The van der Waals surface area contributed by atoms with E-state index < -0.39 is 11.9 Å². The number of nitrogens with one attached hydrogen (secondary N) is 2. The Hall–Kier alpha value is -3.88. The van der Waals surface area contributed by atoms with Crippen molar-refractivity contribution in [3.8, 4) is 22.7 Å². The van der Waals surface area contributed by atoms with Crippen molar-refractivity contribution < 1.29 is 23.8 Å². The summed E-state index contributed by atoms with van der Waals surface area (Å²) in [7, 11) is 0. The fourth-order valence-electron chi connectivity index (χ4n) is 2.78. The molecule has 0 atom stereocenters. The topological polar surface area (TPSA) is 105 Å². The summed E-state index contributed by atoms with van der Waals surface area (Å²) in [6, 6.07) is 12.3. The summed E-state index contributed by atoms with van der Waals surface area (Å²) in [6.07, 6.45) is -1.25. The molecule has 3 N–H and O–H groups in total. The van der Waals surface area contributed by atoms with Crippen LogP contribution in [0.1, 0.15) is 0 Å². The average molecular weight is 368 g/mol. The number of rotatable bonds is 3. The highest BCUT2D eigenvalue weighted by molar-refractivity contribution is 5.96. The lowest BCUT2D eigenvalue weighted by Crippen LogP contribution is -2.25. The number of benzene rings is 2. The minimum Gasteiger partial charge on any atom is -0.482 e. The molecule has 1 aliphatic heterocycles. The summed E-state index contributed by atoms with van der Waals surface area (Å²) in [5.74, 6) is -0.0141. The number of fused-ring (bicyclic) bond motifs is 1. The minimum absolute atomic E-state index is 0.0491. The van der Waals surface area contributed by atoms with E-state index in [9.17, 15) is 14.0 Å². The Morgan fingerprint density at radius 1 is 1.22 bits per heavy atom. The Morgan fingerprint density at radius 2 is 2.00 bits per heavy atom. The van der Waals surface area contributed by atoms with Gasteiger partial charge in [-0.2, -0.15) is 0 Å². The molecule has 0 spiro atoms. The fraction of sp³-hybridized carbons (Fsp3) is 0.0556. The van der Waals surface area contributed by atoms with E-state index in [1.54, 1.807) is 24.3 Å². The summed E-state index contributed by atoms with van der Waals surface area (Å²) in [4.78, 5) is 22.5. The van der Waals surface area contributed by atoms with Crippen LogP contribution in [0.15, 0.2) is 48.5 Å². The van der Waals surface area contributed by atoms with Crippen LogP contribution in [-0.2, 0) is 4.79 Å². The summed E-state index contributed by atoms with van der Waals surface area (Å²) in [5, 5.41) is 18.1. The number of ether oxygens (including phenoxy) is 1. The quantitative estimate of drug-likeness (QED) is 0.659. The van der Waals surface area contributed by atoms with Crippen LogP contribution in [0.2, 0.25) is 0 Å². The SMILES string of the molecule is O=C(O)Nc1cc(-c2ccc3c(c2)NC(=O)CO3)n(-c2ccc(F)cc2)n1. The summed E-state index contributed by atoms with van der Waals surface area (Å²) in [5.41, 5.74) is 2.26. The number of anilines is 2. The molecular formula is C18H13FN4O4. The Labute approximate surface area is 152 Å². The molecule has 136 valence electrons. The second kappa shape index (κ2) is 6.45. The van der Waals surface area contributed by atoms with Crippen LogP contribution >= 0.6 is 0 Å². The standard InChI is InChI=1S/C18H13FN4O4/c19-11-2-4-12(5-3-11)23-14(8-16(22-23)21-18(25)26)10-1-6-15-13(7-10)20-17(24)9-27-15/h1-8H,9H2,(H,20,24)(H,21,22)(H,25,26). The number of hydrogen-bond acceptors (Lipinski definition) is 4. The highest BCUT2D eigenvalue weighted by Gasteiger charge is 2.19. The number of carbonyl (C=O) groups excluding carboxylic acids is 1. The zero-order chi connectivity index (χ0) is 19.0. The molecule has 0 aliphatic carbocycles. The van der Waals surface area contributed by atoms with Gasteiger partial charge in [0, 0.05) is 11.6 Å². The second-order valence-corrected chi connectivity index (χ2v) is 5.78. The molecule has 3 aromatic rings. The van der Waals surface area contributed by atoms with E-state index in [4.69, 9.17) is 9.84 Å². The molecule has 1 aliphatic rings. The molecule has 1 aromatic heterocycles.